The van der Waals surface area contributed by atoms with Crippen LogP contribution in [0.3, 0.4) is 0 Å². The van der Waals surface area contributed by atoms with Crippen LogP contribution in [0.4, 0.5) is 32.5 Å². The zero-order chi connectivity index (χ0) is 83.2. The van der Waals surface area contributed by atoms with Crippen LogP contribution < -0.4 is 55.6 Å². The van der Waals surface area contributed by atoms with Crippen LogP contribution >= 0.6 is 62.3 Å². The molecule has 119 heavy (non-hydrogen) atoms. The van der Waals surface area contributed by atoms with Crippen molar-refractivity contribution in [3.05, 3.63) is 180 Å². The summed E-state index contributed by atoms with van der Waals surface area (Å²) in [6.07, 6.45) is 3.61. The van der Waals surface area contributed by atoms with Gasteiger partial charge in [0, 0.05) is 65.3 Å². The van der Waals surface area contributed by atoms with Crippen LogP contribution in [-0.4, -0.2) is 189 Å². The fourth-order valence-electron chi connectivity index (χ4n) is 15.6. The molecule has 0 spiro atoms. The molecule has 9 aromatic rings. The second-order valence-corrected chi connectivity index (χ2v) is 37.2. The Balaban J connectivity index is 0.000000123. The molecular formula is C85H88BBrClN11O17S3. The van der Waals surface area contributed by atoms with E-state index in [0.717, 1.165) is 130 Å². The minimum Gasteiger partial charge on any atom is -0.490 e. The smallest absolute Gasteiger partial charge is 0.490 e. The number of nitrogens with zero attached hydrogens (tertiary/aromatic N) is 7. The first-order valence-electron chi connectivity index (χ1n) is 38.9. The van der Waals surface area contributed by atoms with E-state index in [0.29, 0.717) is 74.0 Å². The lowest BCUT2D eigenvalue weighted by Gasteiger charge is -2.32. The minimum absolute atomic E-state index is 0. The van der Waals surface area contributed by atoms with Crippen LogP contribution in [0.2, 0.25) is 0 Å². The summed E-state index contributed by atoms with van der Waals surface area (Å²) in [7, 11) is -0.446. The summed E-state index contributed by atoms with van der Waals surface area (Å²) >= 11 is 7.77. The Morgan fingerprint density at radius 2 is 0.874 bits per heavy atom. The number of ether oxygens (including phenoxy) is 5. The van der Waals surface area contributed by atoms with E-state index in [1.54, 1.807) is 65.6 Å². The van der Waals surface area contributed by atoms with Gasteiger partial charge in [-0.2, -0.15) is 0 Å². The molecule has 4 bridgehead atoms. The van der Waals surface area contributed by atoms with Crippen LogP contribution in [-0.2, 0) is 47.6 Å². The number of likely N-dealkylation sites (tertiary alicyclic amines) is 1. The monoisotopic (exact) mass is 1760 g/mol. The number of hydrogen-bond donors (Lipinski definition) is 6. The molecule has 4 amide bonds. The molecule has 14 heterocycles. The molecule has 28 nitrogen and oxygen atoms in total. The number of morpholine rings is 2. The predicted molar refractivity (Wildman–Crippen MR) is 456 cm³/mol. The maximum Gasteiger partial charge on any atom is 0.494 e. The van der Waals surface area contributed by atoms with Gasteiger partial charge in [0.2, 0.25) is 0 Å². The molecule has 11 aliphatic rings. The van der Waals surface area contributed by atoms with E-state index in [-0.39, 0.29) is 105 Å². The van der Waals surface area contributed by atoms with Gasteiger partial charge in [-0.15, -0.1) is 12.4 Å². The molecule has 6 aromatic carbocycles. The lowest BCUT2D eigenvalue weighted by Crippen LogP contribution is -2.48. The van der Waals surface area contributed by atoms with Gasteiger partial charge in [-0.25, -0.2) is 29.3 Å². The number of anilines is 6. The van der Waals surface area contributed by atoms with Crippen LogP contribution in [0.15, 0.2) is 132 Å². The van der Waals surface area contributed by atoms with Crippen molar-refractivity contribution in [1.29, 1.82) is 0 Å². The highest BCUT2D eigenvalue weighted by Crippen LogP contribution is 2.47. The minimum atomic E-state index is -0.948. The SMILES string of the molecule is CC1(C)Cc2nc(N3CCOc4ccc(-c5ccc(C(=O)N6C[C@@H]7C[C@H]6C(=O)O7)cc5)cc43)sc2C(=O)N1.CC1(C)Cc2nc(N3CCOc4ccc(-c5ccc(C(=O)O)cc5)cc43)sc2C(=O)N1.CC1(C)Cc2nc(N3CCOc4ccc(Br)cc43)sc2C(=O)N1.CC1(C)OB(c2ccc(C(=O)O)cc2)OC1(C)C.Cl.O=C1O[C@@H]2CN[C@H]1C2. The normalized spacial score (nSPS) is 21.3. The number of hydrogen-bond acceptors (Lipinski definition) is 25. The Hall–Kier alpha value is -10.5. The fourth-order valence-corrected chi connectivity index (χ4v) is 19.1. The van der Waals surface area contributed by atoms with Crippen LogP contribution in [0, 0.1) is 0 Å². The number of thiazole rings is 3. The Morgan fingerprint density at radius 1 is 0.487 bits per heavy atom. The third-order valence-electron chi connectivity index (χ3n) is 22.3. The summed E-state index contributed by atoms with van der Waals surface area (Å²) in [6, 6.07) is 38.2. The lowest BCUT2D eigenvalue weighted by molar-refractivity contribution is -0.149. The number of carboxylic acid groups (broad SMARTS) is 2. The van der Waals surface area contributed by atoms with Crippen molar-refractivity contribution in [3.63, 3.8) is 0 Å². The van der Waals surface area contributed by atoms with Crippen molar-refractivity contribution >= 4 is 155 Å². The van der Waals surface area contributed by atoms with E-state index in [2.05, 4.69) is 58.0 Å². The van der Waals surface area contributed by atoms with Crippen LogP contribution in [0.1, 0.15) is 159 Å². The predicted octanol–water partition coefficient (Wildman–Crippen LogP) is 12.5. The number of rotatable bonds is 9. The molecule has 5 saturated heterocycles. The lowest BCUT2D eigenvalue weighted by atomic mass is 9.79. The number of halogens is 2. The van der Waals surface area contributed by atoms with Gasteiger partial charge in [-0.3, -0.25) is 24.0 Å². The summed E-state index contributed by atoms with van der Waals surface area (Å²) in [5, 5.41) is 32.5. The molecule has 620 valence electrons. The Labute approximate surface area is 713 Å². The van der Waals surface area contributed by atoms with Crippen molar-refractivity contribution in [3.8, 4) is 39.5 Å². The number of carbonyl (C=O) groups is 8. The van der Waals surface area contributed by atoms with Crippen LogP contribution in [0.5, 0.6) is 17.2 Å². The van der Waals surface area contributed by atoms with Crippen molar-refractivity contribution in [1.82, 2.24) is 41.1 Å². The number of nitrogens with one attached hydrogen (secondary N) is 4. The van der Waals surface area contributed by atoms with Gasteiger partial charge in [0.1, 0.15) is 76.0 Å². The molecule has 4 atom stereocenters. The number of aromatic nitrogens is 3. The van der Waals surface area contributed by atoms with Gasteiger partial charge in [0.25, 0.3) is 23.6 Å². The number of amides is 4. The second kappa shape index (κ2) is 32.6. The Bertz CT molecular complexity index is 5510. The van der Waals surface area contributed by atoms with Crippen molar-refractivity contribution in [2.75, 3.05) is 67.2 Å². The summed E-state index contributed by atoms with van der Waals surface area (Å²) in [5.74, 6) is -0.210. The maximum atomic E-state index is 13.0. The molecule has 3 aromatic heterocycles. The molecule has 11 aliphatic heterocycles. The van der Waals surface area contributed by atoms with E-state index < -0.39 is 25.1 Å². The third kappa shape index (κ3) is 17.4. The van der Waals surface area contributed by atoms with Gasteiger partial charge in [0.05, 0.1) is 82.7 Å². The van der Waals surface area contributed by atoms with Gasteiger partial charge >= 0.3 is 31.0 Å². The number of benzene rings is 6. The highest BCUT2D eigenvalue weighted by Gasteiger charge is 2.52. The van der Waals surface area contributed by atoms with Gasteiger partial charge in [-0.1, -0.05) is 98.5 Å². The van der Waals surface area contributed by atoms with Gasteiger partial charge in [0.15, 0.2) is 15.4 Å². The second-order valence-electron chi connectivity index (χ2n) is 33.3. The number of aromatic carboxylic acids is 2. The standard InChI is InChI=1S/C28H26N4O5S.C23H21N3O4S.C16H16BrN3O2S.C13H17BO4.C5H7NO2.ClH/c1-28(2)13-19-23(24(33)30-28)38-27(29-19)31-9-10-36-22-8-7-17(11-20(22)31)15-3-5-16(6-4-15)25(34)32-14-18-12-21(32)26(35)37-18;1-23(2)12-16-19(20(27)25-23)31-22(24-16)26-9-10-30-18-8-7-15(11-17(18)26)13-3-5-14(6-4-13)21(28)29;1-16(2)8-10-13(14(21)19-16)23-15(18-10)20-5-6-22-12-4-3-9(17)7-11(12)20;1-12(2)13(3,4)18-14(17-12)10-7-5-9(6-8-10)11(15)16;7-5-4-1-3(8-5)2-6-4;/h3-8,11,18,21H,9-10,12-14H2,1-2H3,(H,30,33);3-8,11H,9-10,12H2,1-2H3,(H,25,27)(H,28,29);3-4,7H,5-6,8H2,1-2H3,(H,19,21);5-8H,1-4H3,(H,15,16);3-4,6H,1-2H2;1H/t18-,21-;;;;3-,4-;/m0...0./s1. The van der Waals surface area contributed by atoms with Crippen molar-refractivity contribution in [2.45, 2.75) is 153 Å². The van der Waals surface area contributed by atoms with E-state index in [1.165, 1.54) is 34.0 Å². The molecule has 0 unspecified atom stereocenters. The highest BCUT2D eigenvalue weighted by molar-refractivity contribution is 9.10. The summed E-state index contributed by atoms with van der Waals surface area (Å²) in [5.41, 5.74) is 9.36. The van der Waals surface area contributed by atoms with E-state index >= 15 is 0 Å². The zero-order valence-electron chi connectivity index (χ0n) is 66.9. The Kier molecular flexibility index (Phi) is 22.9. The quantitative estimate of drug-likeness (QED) is 0.0577. The first kappa shape index (κ1) is 83.5. The average Bonchev–Trinajstić information content (AvgIpc) is 1.64. The fraction of sp³-hybridized carbons (Fsp3) is 0.376. The van der Waals surface area contributed by atoms with E-state index in [9.17, 15) is 38.4 Å². The van der Waals surface area contributed by atoms with Crippen LogP contribution in [0.25, 0.3) is 22.3 Å². The first-order valence-corrected chi connectivity index (χ1v) is 42.2. The Morgan fingerprint density at radius 3 is 1.24 bits per heavy atom. The first-order chi connectivity index (χ1) is 56.1. The van der Waals surface area contributed by atoms with E-state index in [4.69, 9.17) is 58.2 Å². The van der Waals surface area contributed by atoms with Gasteiger partial charge < -0.3 is 84.1 Å². The molecule has 0 aliphatic carbocycles. The average molecular weight is 1760 g/mol. The van der Waals surface area contributed by atoms with Crippen molar-refractivity contribution in [2.24, 2.45) is 0 Å². The molecular weight excluding hydrogens is 1670 g/mol. The molecule has 34 heteroatoms. The number of esters is 2. The van der Waals surface area contributed by atoms with Crippen molar-refractivity contribution < 1.29 is 81.6 Å². The number of carboxylic acids is 2. The van der Waals surface area contributed by atoms with E-state index in [1.807, 2.05) is 130 Å². The molecule has 20 rings (SSSR count). The number of fused-ring (bicyclic) bond motifs is 10. The topological polar surface area (TPSA) is 341 Å². The molecule has 6 N–H and O–H groups in total. The highest BCUT2D eigenvalue weighted by atomic mass is 79.9. The maximum absolute atomic E-state index is 13.0. The third-order valence-corrected chi connectivity index (χ3v) is 26.2. The summed E-state index contributed by atoms with van der Waals surface area (Å²) < 4.78 is 40.3. The molecule has 5 fully saturated rings. The number of carbonyl (C=O) groups excluding carboxylic acids is 6. The molecule has 0 radical (unpaired) electrons. The summed E-state index contributed by atoms with van der Waals surface area (Å²) in [6.45, 7) is 24.9. The molecule has 0 saturated carbocycles. The largest absolute Gasteiger partial charge is 0.494 e. The van der Waals surface area contributed by atoms with Gasteiger partial charge in [-0.05, 0) is 176 Å². The summed E-state index contributed by atoms with van der Waals surface area (Å²) in [4.78, 5) is 119. The zero-order valence-corrected chi connectivity index (χ0v) is 71.7.